The van der Waals surface area contributed by atoms with Gasteiger partial charge in [-0.25, -0.2) is 0 Å². The van der Waals surface area contributed by atoms with Gasteiger partial charge in [-0.05, 0) is 38.1 Å². The first kappa shape index (κ1) is 11.8. The lowest BCUT2D eigenvalue weighted by Gasteiger charge is -2.32. The summed E-state index contributed by atoms with van der Waals surface area (Å²) < 4.78 is 0. The van der Waals surface area contributed by atoms with Crippen LogP contribution in [0.2, 0.25) is 0 Å². The van der Waals surface area contributed by atoms with E-state index in [1.54, 1.807) is 0 Å². The lowest BCUT2D eigenvalue weighted by molar-refractivity contribution is 0.0608. The number of aryl methyl sites for hydroxylation is 1. The number of benzene rings is 1. The minimum atomic E-state index is -0.650. The Labute approximate surface area is 113 Å². The number of rotatable bonds is 1. The summed E-state index contributed by atoms with van der Waals surface area (Å²) in [5, 5.41) is 4.15. The van der Waals surface area contributed by atoms with Crippen LogP contribution in [0.1, 0.15) is 12.5 Å². The molecule has 1 aromatic rings. The quantitative estimate of drug-likeness (QED) is 0.763. The van der Waals surface area contributed by atoms with E-state index in [9.17, 15) is 0 Å². The van der Waals surface area contributed by atoms with Crippen molar-refractivity contribution in [3.63, 3.8) is 0 Å². The van der Waals surface area contributed by atoms with Gasteiger partial charge < -0.3 is 4.84 Å². The number of nitrogens with zero attached hydrogens (tertiary/aromatic N) is 2. The van der Waals surface area contributed by atoms with Crippen LogP contribution >= 0.6 is 0 Å². The van der Waals surface area contributed by atoms with Gasteiger partial charge in [0, 0.05) is 5.69 Å². The van der Waals surface area contributed by atoms with Gasteiger partial charge in [0.25, 0.3) is 5.72 Å². The van der Waals surface area contributed by atoms with E-state index < -0.39 is 5.72 Å². The molecule has 96 valence electrons. The van der Waals surface area contributed by atoms with Crippen molar-refractivity contribution in [3.8, 4) is 0 Å². The van der Waals surface area contributed by atoms with Crippen molar-refractivity contribution in [2.75, 3.05) is 4.90 Å². The fraction of sp³-hybridized carbons (Fsp3) is 0.188. The molecule has 2 aliphatic rings. The zero-order chi connectivity index (χ0) is 13.3. The minimum Gasteiger partial charge on any atom is -0.356 e. The maximum absolute atomic E-state index is 5.67. The molecule has 1 aliphatic carbocycles. The van der Waals surface area contributed by atoms with Crippen LogP contribution in [0.15, 0.2) is 65.9 Å². The average molecular weight is 252 g/mol. The second-order valence-electron chi connectivity index (χ2n) is 4.76. The monoisotopic (exact) mass is 252 g/mol. The number of amidine groups is 1. The molecule has 3 heteroatoms. The molecule has 0 radical (unpaired) electrons. The molecule has 1 spiro atoms. The van der Waals surface area contributed by atoms with Gasteiger partial charge >= 0.3 is 0 Å². The van der Waals surface area contributed by atoms with E-state index in [2.05, 4.69) is 41.2 Å². The fourth-order valence-corrected chi connectivity index (χ4v) is 2.34. The standard InChI is InChI=1S/C16H16N2O/c1-13-7-9-15(10-8-13)18-14(2)17-19-16(18)11-5-3-4-6-12-16/h3-12H,1-2H3. The predicted octanol–water partition coefficient (Wildman–Crippen LogP) is 3.54. The van der Waals surface area contributed by atoms with E-state index >= 15 is 0 Å². The third kappa shape index (κ3) is 1.97. The Morgan fingerprint density at radius 1 is 0.947 bits per heavy atom. The van der Waals surface area contributed by atoms with E-state index in [-0.39, 0.29) is 0 Å². The van der Waals surface area contributed by atoms with Gasteiger partial charge in [-0.1, -0.05) is 47.2 Å². The molecule has 1 aromatic carbocycles. The first-order valence-electron chi connectivity index (χ1n) is 6.35. The summed E-state index contributed by atoms with van der Waals surface area (Å²) in [6, 6.07) is 8.36. The first-order valence-corrected chi connectivity index (χ1v) is 6.35. The van der Waals surface area contributed by atoms with Crippen molar-refractivity contribution >= 4 is 11.5 Å². The summed E-state index contributed by atoms with van der Waals surface area (Å²) in [7, 11) is 0. The molecule has 0 N–H and O–H groups in total. The SMILES string of the molecule is CC1=NOC2(C=CC=CC=C2)N1c1ccc(C)cc1. The molecule has 3 rings (SSSR count). The normalized spacial score (nSPS) is 19.5. The topological polar surface area (TPSA) is 24.8 Å². The highest BCUT2D eigenvalue weighted by molar-refractivity contribution is 5.99. The molecular formula is C16H16N2O. The Balaban J connectivity index is 2.06. The number of anilines is 1. The smallest absolute Gasteiger partial charge is 0.253 e. The zero-order valence-corrected chi connectivity index (χ0v) is 11.1. The summed E-state index contributed by atoms with van der Waals surface area (Å²) >= 11 is 0. The second-order valence-corrected chi connectivity index (χ2v) is 4.76. The summed E-state index contributed by atoms with van der Waals surface area (Å²) in [6.45, 7) is 4.03. The summed E-state index contributed by atoms with van der Waals surface area (Å²) in [4.78, 5) is 7.76. The molecule has 0 fully saturated rings. The highest BCUT2D eigenvalue weighted by Gasteiger charge is 2.41. The third-order valence-electron chi connectivity index (χ3n) is 3.29. The largest absolute Gasteiger partial charge is 0.356 e. The van der Waals surface area contributed by atoms with E-state index in [4.69, 9.17) is 4.84 Å². The molecule has 0 unspecified atom stereocenters. The Kier molecular flexibility index (Phi) is 2.75. The van der Waals surface area contributed by atoms with E-state index in [1.807, 2.05) is 43.4 Å². The maximum Gasteiger partial charge on any atom is 0.253 e. The minimum absolute atomic E-state index is 0.650. The lowest BCUT2D eigenvalue weighted by Crippen LogP contribution is -2.45. The Morgan fingerprint density at radius 2 is 1.58 bits per heavy atom. The predicted molar refractivity (Wildman–Crippen MR) is 78.0 cm³/mol. The third-order valence-corrected chi connectivity index (χ3v) is 3.29. The van der Waals surface area contributed by atoms with Crippen molar-refractivity contribution < 1.29 is 4.84 Å². The van der Waals surface area contributed by atoms with E-state index in [1.165, 1.54) is 5.56 Å². The maximum atomic E-state index is 5.67. The Hall–Kier alpha value is -2.29. The molecule has 0 bridgehead atoms. The average Bonchev–Trinajstić information content (AvgIpc) is 2.60. The zero-order valence-electron chi connectivity index (χ0n) is 11.1. The molecule has 0 saturated heterocycles. The molecule has 0 aromatic heterocycles. The Morgan fingerprint density at radius 3 is 2.21 bits per heavy atom. The van der Waals surface area contributed by atoms with Crippen molar-refractivity contribution in [3.05, 3.63) is 66.3 Å². The molecular weight excluding hydrogens is 236 g/mol. The van der Waals surface area contributed by atoms with Gasteiger partial charge in [0.1, 0.15) is 5.84 Å². The van der Waals surface area contributed by atoms with Crippen molar-refractivity contribution in [2.45, 2.75) is 19.6 Å². The second kappa shape index (κ2) is 4.43. The van der Waals surface area contributed by atoms with Crippen LogP contribution in [0.4, 0.5) is 5.69 Å². The summed E-state index contributed by atoms with van der Waals surface area (Å²) in [6.07, 6.45) is 11.9. The lowest BCUT2D eigenvalue weighted by atomic mass is 10.1. The van der Waals surface area contributed by atoms with Gasteiger partial charge in [0.2, 0.25) is 0 Å². The van der Waals surface area contributed by atoms with Gasteiger partial charge in [-0.15, -0.1) is 0 Å². The van der Waals surface area contributed by atoms with Gasteiger partial charge in [-0.3, -0.25) is 4.90 Å². The van der Waals surface area contributed by atoms with Gasteiger partial charge in [0.05, 0.1) is 0 Å². The highest BCUT2D eigenvalue weighted by Crippen LogP contribution is 2.34. The van der Waals surface area contributed by atoms with Gasteiger partial charge in [0.15, 0.2) is 0 Å². The number of oxime groups is 1. The van der Waals surface area contributed by atoms with Crippen LogP contribution in [0.5, 0.6) is 0 Å². The van der Waals surface area contributed by atoms with Crippen LogP contribution in [0.3, 0.4) is 0 Å². The van der Waals surface area contributed by atoms with Crippen LogP contribution < -0.4 is 4.90 Å². The molecule has 0 amide bonds. The molecule has 0 saturated carbocycles. The number of hydrogen-bond acceptors (Lipinski definition) is 3. The van der Waals surface area contributed by atoms with Crippen LogP contribution in [-0.4, -0.2) is 11.6 Å². The van der Waals surface area contributed by atoms with Crippen LogP contribution in [0, 0.1) is 6.92 Å². The number of hydrogen-bond donors (Lipinski definition) is 0. The summed E-state index contributed by atoms with van der Waals surface area (Å²) in [5.41, 5.74) is 1.66. The fourth-order valence-electron chi connectivity index (χ4n) is 2.34. The highest BCUT2D eigenvalue weighted by atomic mass is 16.7. The van der Waals surface area contributed by atoms with E-state index in [0.29, 0.717) is 0 Å². The molecule has 1 aliphatic heterocycles. The summed E-state index contributed by atoms with van der Waals surface area (Å²) in [5.74, 6) is 0.847. The Bertz CT molecular complexity index is 578. The molecule has 3 nitrogen and oxygen atoms in total. The van der Waals surface area contributed by atoms with Crippen molar-refractivity contribution in [2.24, 2.45) is 5.16 Å². The van der Waals surface area contributed by atoms with Crippen LogP contribution in [-0.2, 0) is 4.84 Å². The number of allylic oxidation sites excluding steroid dienone is 4. The van der Waals surface area contributed by atoms with E-state index in [0.717, 1.165) is 11.5 Å². The van der Waals surface area contributed by atoms with Crippen molar-refractivity contribution in [1.82, 2.24) is 0 Å². The first-order chi connectivity index (χ1) is 9.21. The van der Waals surface area contributed by atoms with Crippen molar-refractivity contribution in [1.29, 1.82) is 0 Å². The van der Waals surface area contributed by atoms with Gasteiger partial charge in [-0.2, -0.15) is 0 Å². The molecule has 0 atom stereocenters. The molecule has 19 heavy (non-hydrogen) atoms. The molecule has 1 heterocycles. The van der Waals surface area contributed by atoms with Crippen LogP contribution in [0.25, 0.3) is 0 Å².